The number of nitrogens with zero attached hydrogens (tertiary/aromatic N) is 3. The monoisotopic (exact) mass is 431 g/mol. The van der Waals surface area contributed by atoms with Crippen molar-refractivity contribution < 1.29 is 33.4 Å². The molecule has 31 heavy (non-hydrogen) atoms. The molecule has 1 aromatic carbocycles. The lowest BCUT2D eigenvalue weighted by atomic mass is 10.0. The van der Waals surface area contributed by atoms with Gasteiger partial charge in [0.1, 0.15) is 18.9 Å². The molecule has 166 valence electrons. The molecule has 10 heteroatoms. The summed E-state index contributed by atoms with van der Waals surface area (Å²) < 4.78 is 15.5. The van der Waals surface area contributed by atoms with Crippen LogP contribution in [0, 0.1) is 0 Å². The maximum atomic E-state index is 12.9. The maximum absolute atomic E-state index is 12.9. The van der Waals surface area contributed by atoms with Gasteiger partial charge >= 0.3 is 12.1 Å². The minimum atomic E-state index is -0.748. The van der Waals surface area contributed by atoms with Gasteiger partial charge in [-0.2, -0.15) is 0 Å². The summed E-state index contributed by atoms with van der Waals surface area (Å²) in [6, 6.07) is 6.16. The molecule has 0 bridgehead atoms. The second kappa shape index (κ2) is 8.83. The number of para-hydroxylation sites is 2. The number of rotatable bonds is 5. The third kappa shape index (κ3) is 4.14. The van der Waals surface area contributed by atoms with Crippen LogP contribution in [-0.2, 0) is 23.9 Å². The summed E-state index contributed by atoms with van der Waals surface area (Å²) in [5.74, 6) is -0.337. The zero-order valence-corrected chi connectivity index (χ0v) is 17.3. The van der Waals surface area contributed by atoms with E-state index in [1.807, 2.05) is 6.07 Å². The van der Waals surface area contributed by atoms with E-state index in [-0.39, 0.29) is 44.2 Å². The smallest absolute Gasteiger partial charge is 0.410 e. The quantitative estimate of drug-likeness (QED) is 0.635. The topological polar surface area (TPSA) is 106 Å². The van der Waals surface area contributed by atoms with Gasteiger partial charge in [0.05, 0.1) is 12.3 Å². The van der Waals surface area contributed by atoms with E-state index >= 15 is 0 Å². The number of carbonyl (C=O) groups is 4. The number of carbonyl (C=O) groups excluding carboxylic acids is 4. The minimum absolute atomic E-state index is 0.0185. The molecular weight excluding hydrogens is 406 g/mol. The van der Waals surface area contributed by atoms with E-state index in [0.717, 1.165) is 0 Å². The maximum Gasteiger partial charge on any atom is 0.410 e. The largest absolute Gasteiger partial charge is 0.482 e. The Morgan fingerprint density at radius 1 is 1.13 bits per heavy atom. The second-order valence-electron chi connectivity index (χ2n) is 7.60. The molecule has 2 fully saturated rings. The Kier molecular flexibility index (Phi) is 5.97. The van der Waals surface area contributed by atoms with Crippen LogP contribution >= 0.6 is 0 Å². The molecule has 0 radical (unpaired) electrons. The van der Waals surface area contributed by atoms with Gasteiger partial charge in [-0.25, -0.2) is 9.59 Å². The lowest BCUT2D eigenvalue weighted by Crippen LogP contribution is -2.53. The number of amides is 3. The Bertz CT molecular complexity index is 881. The first kappa shape index (κ1) is 21.0. The fourth-order valence-corrected chi connectivity index (χ4v) is 4.21. The van der Waals surface area contributed by atoms with E-state index in [9.17, 15) is 19.2 Å². The molecule has 3 aliphatic rings. The third-order valence-electron chi connectivity index (χ3n) is 5.78. The summed E-state index contributed by atoms with van der Waals surface area (Å²) in [6.07, 6.45) is 0.507. The van der Waals surface area contributed by atoms with Crippen LogP contribution in [0.1, 0.15) is 19.8 Å². The first-order valence-electron chi connectivity index (χ1n) is 10.4. The van der Waals surface area contributed by atoms with Crippen molar-refractivity contribution in [2.45, 2.75) is 31.8 Å². The third-order valence-corrected chi connectivity index (χ3v) is 5.78. The van der Waals surface area contributed by atoms with Crippen molar-refractivity contribution in [3.8, 4) is 5.75 Å². The fraction of sp³-hybridized carbons (Fsp3) is 0.524. The molecule has 10 nitrogen and oxygen atoms in total. The van der Waals surface area contributed by atoms with Gasteiger partial charge in [-0.15, -0.1) is 0 Å². The molecular formula is C21H25N3O7. The van der Waals surface area contributed by atoms with Crippen LogP contribution in [0.15, 0.2) is 24.3 Å². The normalized spacial score (nSPS) is 21.5. The van der Waals surface area contributed by atoms with Crippen LogP contribution < -0.4 is 9.64 Å². The molecule has 1 atom stereocenters. The highest BCUT2D eigenvalue weighted by molar-refractivity contribution is 6.02. The average molecular weight is 431 g/mol. The molecule has 4 rings (SSSR count). The van der Waals surface area contributed by atoms with Crippen LogP contribution in [0.2, 0.25) is 0 Å². The van der Waals surface area contributed by atoms with Crippen molar-refractivity contribution in [2.24, 2.45) is 0 Å². The van der Waals surface area contributed by atoms with Crippen LogP contribution in [0.4, 0.5) is 10.5 Å². The van der Waals surface area contributed by atoms with Crippen molar-refractivity contribution in [2.75, 3.05) is 44.4 Å². The number of ether oxygens (including phenoxy) is 3. The average Bonchev–Trinajstić information content (AvgIpc) is 3.17. The Morgan fingerprint density at radius 3 is 2.61 bits per heavy atom. The Balaban J connectivity index is 1.37. The number of piperidine rings is 1. The van der Waals surface area contributed by atoms with Crippen LogP contribution in [0.3, 0.4) is 0 Å². The van der Waals surface area contributed by atoms with Gasteiger partial charge in [0, 0.05) is 19.1 Å². The minimum Gasteiger partial charge on any atom is -0.482 e. The van der Waals surface area contributed by atoms with E-state index < -0.39 is 18.1 Å². The molecule has 0 N–H and O–H groups in total. The van der Waals surface area contributed by atoms with Crippen LogP contribution in [-0.4, -0.2) is 85.2 Å². The summed E-state index contributed by atoms with van der Waals surface area (Å²) >= 11 is 0. The Labute approximate surface area is 179 Å². The first-order valence-corrected chi connectivity index (χ1v) is 10.4. The lowest BCUT2D eigenvalue weighted by Gasteiger charge is -2.38. The molecule has 1 unspecified atom stereocenters. The van der Waals surface area contributed by atoms with Gasteiger partial charge in [0.15, 0.2) is 12.6 Å². The summed E-state index contributed by atoms with van der Waals surface area (Å²) in [5, 5.41) is 0. The molecule has 3 amide bonds. The highest BCUT2D eigenvalue weighted by Gasteiger charge is 2.44. The van der Waals surface area contributed by atoms with Crippen molar-refractivity contribution >= 4 is 29.6 Å². The van der Waals surface area contributed by atoms with Crippen molar-refractivity contribution in [1.29, 1.82) is 0 Å². The van der Waals surface area contributed by atoms with Crippen LogP contribution in [0.25, 0.3) is 0 Å². The number of benzene rings is 1. The van der Waals surface area contributed by atoms with Crippen molar-refractivity contribution in [3.63, 3.8) is 0 Å². The summed E-state index contributed by atoms with van der Waals surface area (Å²) in [5.41, 5.74) is 0.582. The Hall–Kier alpha value is -3.30. The van der Waals surface area contributed by atoms with E-state index in [0.29, 0.717) is 37.4 Å². The van der Waals surface area contributed by atoms with Gasteiger partial charge in [-0.05, 0) is 31.9 Å². The highest BCUT2D eigenvalue weighted by Crippen LogP contribution is 2.31. The van der Waals surface area contributed by atoms with Crippen molar-refractivity contribution in [3.05, 3.63) is 24.3 Å². The molecule has 2 saturated heterocycles. The molecule has 0 saturated carbocycles. The molecule has 0 aliphatic carbocycles. The molecule has 1 aromatic rings. The van der Waals surface area contributed by atoms with Gasteiger partial charge in [0.25, 0.3) is 5.91 Å². The summed E-state index contributed by atoms with van der Waals surface area (Å²) in [4.78, 5) is 54.1. The number of likely N-dealkylation sites (tertiary alicyclic amines) is 1. The zero-order valence-electron chi connectivity index (χ0n) is 17.3. The predicted octanol–water partition coefficient (Wildman–Crippen LogP) is 0.787. The van der Waals surface area contributed by atoms with E-state index in [2.05, 4.69) is 0 Å². The first-order chi connectivity index (χ1) is 15.0. The fourth-order valence-electron chi connectivity index (χ4n) is 4.21. The number of hydrogen-bond donors (Lipinski definition) is 0. The van der Waals surface area contributed by atoms with Crippen LogP contribution in [0.5, 0.6) is 5.75 Å². The highest BCUT2D eigenvalue weighted by atomic mass is 16.6. The summed E-state index contributed by atoms with van der Waals surface area (Å²) in [7, 11) is 0. The second-order valence-corrected chi connectivity index (χ2v) is 7.60. The van der Waals surface area contributed by atoms with Gasteiger partial charge in [-0.1, -0.05) is 12.1 Å². The summed E-state index contributed by atoms with van der Waals surface area (Å²) in [6.45, 7) is 2.59. The van der Waals surface area contributed by atoms with Gasteiger partial charge in [-0.3, -0.25) is 19.4 Å². The van der Waals surface area contributed by atoms with Crippen molar-refractivity contribution in [1.82, 2.24) is 9.80 Å². The lowest BCUT2D eigenvalue weighted by molar-refractivity contribution is -0.148. The van der Waals surface area contributed by atoms with Gasteiger partial charge < -0.3 is 19.1 Å². The SMILES string of the molecule is CCOC(=O)C1COC(=O)N1C1CCN(C(=O)CN2C(=O)COc3ccccc32)CC1. The van der Waals surface area contributed by atoms with E-state index in [1.165, 1.54) is 9.80 Å². The molecule has 0 spiro atoms. The number of anilines is 1. The number of cyclic esters (lactones) is 1. The van der Waals surface area contributed by atoms with Gasteiger partial charge in [0.2, 0.25) is 5.91 Å². The number of fused-ring (bicyclic) bond motifs is 1. The molecule has 3 aliphatic heterocycles. The van der Waals surface area contributed by atoms with E-state index in [1.54, 1.807) is 30.0 Å². The number of esters is 1. The zero-order chi connectivity index (χ0) is 22.0. The Morgan fingerprint density at radius 2 is 1.87 bits per heavy atom. The molecule has 0 aromatic heterocycles. The molecule has 3 heterocycles. The van der Waals surface area contributed by atoms with E-state index in [4.69, 9.17) is 14.2 Å². The number of hydrogen-bond acceptors (Lipinski definition) is 7. The predicted molar refractivity (Wildman–Crippen MR) is 108 cm³/mol. The standard InChI is InChI=1S/C21H25N3O7/c1-2-29-20(27)16-12-31-21(28)24(16)14-7-9-22(10-8-14)18(25)11-23-15-5-3-4-6-17(15)30-13-19(23)26/h3-6,14,16H,2,7-13H2,1H3.